The van der Waals surface area contributed by atoms with Crippen molar-refractivity contribution in [1.29, 1.82) is 0 Å². The maximum atomic E-state index is 3.37. The van der Waals surface area contributed by atoms with Crippen molar-refractivity contribution in [1.82, 2.24) is 5.32 Å². The minimum atomic E-state index is 1.02. The van der Waals surface area contributed by atoms with Crippen LogP contribution in [-0.4, -0.2) is 26.2 Å². The lowest BCUT2D eigenvalue weighted by Crippen LogP contribution is -2.37. The molecule has 0 spiro atoms. The summed E-state index contributed by atoms with van der Waals surface area (Å²) in [6.07, 6.45) is 4.84. The van der Waals surface area contributed by atoms with E-state index in [1.807, 2.05) is 0 Å². The van der Waals surface area contributed by atoms with E-state index >= 15 is 0 Å². The average Bonchev–Trinajstić information content (AvgIpc) is 2.29. The average molecular weight is 214 g/mol. The van der Waals surface area contributed by atoms with Gasteiger partial charge in [0.25, 0.3) is 0 Å². The van der Waals surface area contributed by atoms with Crippen LogP contribution in [0.15, 0.2) is 30.3 Å². The van der Waals surface area contributed by atoms with Gasteiger partial charge in [-0.25, -0.2) is 0 Å². The molecule has 84 valence electrons. The van der Waals surface area contributed by atoms with Crippen molar-refractivity contribution in [2.24, 2.45) is 0 Å². The maximum Gasteiger partial charge on any atom is 0.0442 e. The predicted octanol–water partition coefficient (Wildman–Crippen LogP) is 2.27. The molecule has 2 aliphatic rings. The normalized spacial score (nSPS) is 20.2. The first-order valence-corrected chi connectivity index (χ1v) is 6.19. The molecule has 2 nitrogen and oxygen atoms in total. The van der Waals surface area contributed by atoms with Crippen LogP contribution in [0.3, 0.4) is 0 Å². The van der Waals surface area contributed by atoms with Crippen molar-refractivity contribution in [3.63, 3.8) is 0 Å². The Balaban J connectivity index is 1.95. The third-order valence-electron chi connectivity index (χ3n) is 3.51. The lowest BCUT2D eigenvalue weighted by Gasteiger charge is -2.35. The Labute approximate surface area is 97.0 Å². The molecule has 0 radical (unpaired) electrons. The lowest BCUT2D eigenvalue weighted by atomic mass is 9.97. The van der Waals surface area contributed by atoms with Crippen LogP contribution in [0.4, 0.5) is 5.69 Å². The highest BCUT2D eigenvalue weighted by molar-refractivity contribution is 5.78. The van der Waals surface area contributed by atoms with Crippen molar-refractivity contribution >= 4 is 11.3 Å². The molecular weight excluding hydrogens is 196 g/mol. The van der Waals surface area contributed by atoms with Gasteiger partial charge in [0.15, 0.2) is 0 Å². The zero-order chi connectivity index (χ0) is 10.8. The Kier molecular flexibility index (Phi) is 2.66. The van der Waals surface area contributed by atoms with Gasteiger partial charge in [-0.05, 0) is 31.0 Å². The van der Waals surface area contributed by atoms with Crippen molar-refractivity contribution in [2.45, 2.75) is 12.8 Å². The molecule has 2 heteroatoms. The fourth-order valence-corrected chi connectivity index (χ4v) is 2.45. The molecule has 1 aromatic rings. The molecule has 2 aliphatic heterocycles. The second kappa shape index (κ2) is 4.30. The van der Waals surface area contributed by atoms with Crippen LogP contribution in [0.5, 0.6) is 0 Å². The van der Waals surface area contributed by atoms with Gasteiger partial charge in [-0.2, -0.15) is 0 Å². The summed E-state index contributed by atoms with van der Waals surface area (Å²) in [4.78, 5) is 2.48. The van der Waals surface area contributed by atoms with E-state index in [9.17, 15) is 0 Å². The van der Waals surface area contributed by atoms with E-state index < -0.39 is 0 Å². The summed E-state index contributed by atoms with van der Waals surface area (Å²) in [5, 5.41) is 3.37. The second-order valence-electron chi connectivity index (χ2n) is 4.54. The molecule has 0 atom stereocenters. The Morgan fingerprint density at radius 1 is 1.12 bits per heavy atom. The van der Waals surface area contributed by atoms with Gasteiger partial charge < -0.3 is 10.2 Å². The number of benzene rings is 1. The topological polar surface area (TPSA) is 15.3 Å². The molecule has 16 heavy (non-hydrogen) atoms. The molecule has 0 aliphatic carbocycles. The Morgan fingerprint density at radius 2 is 2.00 bits per heavy atom. The fraction of sp³-hybridized carbons (Fsp3) is 0.429. The lowest BCUT2D eigenvalue weighted by molar-refractivity contribution is 0.616. The maximum absolute atomic E-state index is 3.37. The van der Waals surface area contributed by atoms with E-state index in [1.54, 1.807) is 0 Å². The number of nitrogens with zero attached hydrogens (tertiary/aromatic N) is 1. The monoisotopic (exact) mass is 214 g/mol. The van der Waals surface area contributed by atoms with Crippen molar-refractivity contribution < 1.29 is 0 Å². The molecule has 3 rings (SSSR count). The van der Waals surface area contributed by atoms with Crippen LogP contribution in [0, 0.1) is 0 Å². The van der Waals surface area contributed by atoms with E-state index in [4.69, 9.17) is 0 Å². The molecule has 1 aromatic carbocycles. The van der Waals surface area contributed by atoms with Gasteiger partial charge in [-0.1, -0.05) is 24.3 Å². The van der Waals surface area contributed by atoms with Crippen LogP contribution in [-0.2, 0) is 0 Å². The summed E-state index contributed by atoms with van der Waals surface area (Å²) < 4.78 is 0. The largest absolute Gasteiger partial charge is 0.371 e. The number of hydrogen-bond acceptors (Lipinski definition) is 2. The van der Waals surface area contributed by atoms with Crippen molar-refractivity contribution in [3.8, 4) is 0 Å². The Hall–Kier alpha value is -1.28. The summed E-state index contributed by atoms with van der Waals surface area (Å²) in [5.74, 6) is 0. The quantitative estimate of drug-likeness (QED) is 0.812. The minimum absolute atomic E-state index is 1.02. The van der Waals surface area contributed by atoms with Gasteiger partial charge in [0.05, 0.1) is 0 Å². The van der Waals surface area contributed by atoms with Gasteiger partial charge in [0.1, 0.15) is 0 Å². The van der Waals surface area contributed by atoms with Crippen LogP contribution < -0.4 is 10.2 Å². The molecule has 0 bridgehead atoms. The van der Waals surface area contributed by atoms with Gasteiger partial charge >= 0.3 is 0 Å². The van der Waals surface area contributed by atoms with E-state index in [-0.39, 0.29) is 0 Å². The third kappa shape index (κ3) is 1.74. The van der Waals surface area contributed by atoms with E-state index in [0.29, 0.717) is 0 Å². The second-order valence-corrected chi connectivity index (χ2v) is 4.54. The van der Waals surface area contributed by atoms with Crippen LogP contribution in [0.1, 0.15) is 18.4 Å². The van der Waals surface area contributed by atoms with Gasteiger partial charge in [-0.15, -0.1) is 0 Å². The van der Waals surface area contributed by atoms with Gasteiger partial charge in [0, 0.05) is 30.9 Å². The first kappa shape index (κ1) is 9.91. The highest BCUT2D eigenvalue weighted by Crippen LogP contribution is 2.32. The fourth-order valence-electron chi connectivity index (χ4n) is 2.45. The van der Waals surface area contributed by atoms with Crippen LogP contribution in [0.25, 0.3) is 5.57 Å². The molecule has 1 N–H and O–H groups in total. The Bertz CT molecular complexity index is 405. The van der Waals surface area contributed by atoms with Crippen molar-refractivity contribution in [3.05, 3.63) is 35.9 Å². The van der Waals surface area contributed by atoms with Gasteiger partial charge in [0.2, 0.25) is 0 Å². The third-order valence-corrected chi connectivity index (χ3v) is 3.51. The number of anilines is 1. The summed E-state index contributed by atoms with van der Waals surface area (Å²) in [6.45, 7) is 4.58. The number of rotatable bonds is 2. The highest BCUT2D eigenvalue weighted by atomic mass is 15.2. The predicted molar refractivity (Wildman–Crippen MR) is 68.7 cm³/mol. The molecule has 1 saturated heterocycles. The highest BCUT2D eigenvalue weighted by Gasteiger charge is 2.19. The molecule has 0 amide bonds. The summed E-state index contributed by atoms with van der Waals surface area (Å²) in [5.41, 5.74) is 4.40. The smallest absolute Gasteiger partial charge is 0.0442 e. The molecule has 0 saturated carbocycles. The summed E-state index contributed by atoms with van der Waals surface area (Å²) >= 11 is 0. The molecule has 0 aromatic heterocycles. The van der Waals surface area contributed by atoms with Crippen molar-refractivity contribution in [2.75, 3.05) is 31.1 Å². The molecular formula is C14H18N2. The summed E-state index contributed by atoms with van der Waals surface area (Å²) in [6, 6.07) is 8.84. The Morgan fingerprint density at radius 3 is 2.69 bits per heavy atom. The number of hydrogen-bond donors (Lipinski definition) is 1. The standard InChI is InChI=1S/C14H18N2/c1-2-5-14(16-10-3-11-16)13(4-1)12-6-8-15-9-7-12/h1-2,4-6,15H,3,7-11H2. The number of para-hydroxylation sites is 1. The van der Waals surface area contributed by atoms with Gasteiger partial charge in [-0.3, -0.25) is 0 Å². The first-order chi connectivity index (χ1) is 7.95. The minimum Gasteiger partial charge on any atom is -0.371 e. The van der Waals surface area contributed by atoms with Crippen LogP contribution in [0.2, 0.25) is 0 Å². The molecule has 1 fully saturated rings. The molecule has 0 unspecified atom stereocenters. The SMILES string of the molecule is C1=C(c2ccccc2N2CCC2)CCNC1. The van der Waals surface area contributed by atoms with Crippen LogP contribution >= 0.6 is 0 Å². The first-order valence-electron chi connectivity index (χ1n) is 6.19. The van der Waals surface area contributed by atoms with E-state index in [0.717, 1.165) is 19.5 Å². The van der Waals surface area contributed by atoms with E-state index in [1.165, 1.54) is 36.3 Å². The van der Waals surface area contributed by atoms with E-state index in [2.05, 4.69) is 40.6 Å². The summed E-state index contributed by atoms with van der Waals surface area (Å²) in [7, 11) is 0. The molecule has 2 heterocycles. The zero-order valence-electron chi connectivity index (χ0n) is 9.58. The number of nitrogens with one attached hydrogen (secondary N) is 1. The zero-order valence-corrected chi connectivity index (χ0v) is 9.58.